The molecule has 1 aromatic rings. The summed E-state index contributed by atoms with van der Waals surface area (Å²) in [6, 6.07) is 7.68. The van der Waals surface area contributed by atoms with Gasteiger partial charge in [-0.3, -0.25) is 0 Å². The quantitative estimate of drug-likeness (QED) is 0.818. The van der Waals surface area contributed by atoms with Crippen molar-refractivity contribution >= 4 is 0 Å². The largest absolute Gasteiger partial charge is 0.314 e. The van der Waals surface area contributed by atoms with Gasteiger partial charge in [-0.05, 0) is 55.3 Å². The maximum Gasteiger partial charge on any atom is 0.0104 e. The molecule has 0 amide bonds. The van der Waals surface area contributed by atoms with Crippen LogP contribution in [0, 0.1) is 19.8 Å². The summed E-state index contributed by atoms with van der Waals surface area (Å²) in [6.07, 6.45) is 1.30. The Kier molecular flexibility index (Phi) is 3.34. The fourth-order valence-electron chi connectivity index (χ4n) is 2.75. The van der Waals surface area contributed by atoms with E-state index in [1.807, 2.05) is 0 Å². The van der Waals surface area contributed by atoms with Crippen LogP contribution in [0.25, 0.3) is 0 Å². The third kappa shape index (κ3) is 2.01. The first-order valence-corrected chi connectivity index (χ1v) is 6.44. The Labute approximate surface area is 99.3 Å². The molecule has 16 heavy (non-hydrogen) atoms. The van der Waals surface area contributed by atoms with Gasteiger partial charge in [0.15, 0.2) is 0 Å². The van der Waals surface area contributed by atoms with Crippen molar-refractivity contribution in [2.75, 3.05) is 6.54 Å². The normalized spacial score (nSPS) is 28.9. The van der Waals surface area contributed by atoms with E-state index in [4.69, 9.17) is 0 Å². The lowest BCUT2D eigenvalue weighted by molar-refractivity contribution is 0.187. The number of hydrogen-bond acceptors (Lipinski definition) is 1. The second-order valence-corrected chi connectivity index (χ2v) is 5.21. The zero-order valence-electron chi connectivity index (χ0n) is 10.9. The SMILES string of the molecule is CCNC1CC(c2ccc(C)c(C)c2)C1C. The highest BCUT2D eigenvalue weighted by atomic mass is 14.9. The summed E-state index contributed by atoms with van der Waals surface area (Å²) in [4.78, 5) is 0. The molecular weight excluding hydrogens is 194 g/mol. The first-order chi connectivity index (χ1) is 7.63. The van der Waals surface area contributed by atoms with Gasteiger partial charge in [0.2, 0.25) is 0 Å². The van der Waals surface area contributed by atoms with Crippen LogP contribution in [0.4, 0.5) is 0 Å². The van der Waals surface area contributed by atoms with E-state index in [1.165, 1.54) is 23.1 Å². The molecule has 0 heterocycles. The highest BCUT2D eigenvalue weighted by Gasteiger charge is 2.37. The minimum Gasteiger partial charge on any atom is -0.314 e. The molecule has 2 rings (SSSR count). The lowest BCUT2D eigenvalue weighted by atomic mass is 9.67. The molecule has 88 valence electrons. The zero-order valence-corrected chi connectivity index (χ0v) is 10.9. The Morgan fingerprint density at radius 3 is 2.56 bits per heavy atom. The molecule has 0 aliphatic heterocycles. The molecule has 1 saturated carbocycles. The lowest BCUT2D eigenvalue weighted by Gasteiger charge is -2.43. The van der Waals surface area contributed by atoms with Gasteiger partial charge < -0.3 is 5.32 Å². The molecule has 1 N–H and O–H groups in total. The molecular formula is C15H23N. The number of rotatable bonds is 3. The minimum atomic E-state index is 0.733. The fraction of sp³-hybridized carbons (Fsp3) is 0.600. The Bertz CT molecular complexity index is 370. The first-order valence-electron chi connectivity index (χ1n) is 6.44. The number of benzene rings is 1. The number of nitrogens with one attached hydrogen (secondary N) is 1. The summed E-state index contributed by atoms with van der Waals surface area (Å²) in [6.45, 7) is 10.1. The highest BCUT2D eigenvalue weighted by molar-refractivity contribution is 5.34. The summed E-state index contributed by atoms with van der Waals surface area (Å²) < 4.78 is 0. The molecule has 3 unspecified atom stereocenters. The average Bonchev–Trinajstić information content (AvgIpc) is 2.27. The van der Waals surface area contributed by atoms with Crippen molar-refractivity contribution in [2.24, 2.45) is 5.92 Å². The Balaban J connectivity index is 2.07. The van der Waals surface area contributed by atoms with Gasteiger partial charge in [-0.15, -0.1) is 0 Å². The monoisotopic (exact) mass is 217 g/mol. The van der Waals surface area contributed by atoms with Gasteiger partial charge >= 0.3 is 0 Å². The molecule has 3 atom stereocenters. The van der Waals surface area contributed by atoms with Gasteiger partial charge in [-0.2, -0.15) is 0 Å². The van der Waals surface area contributed by atoms with Crippen LogP contribution in [-0.2, 0) is 0 Å². The lowest BCUT2D eigenvalue weighted by Crippen LogP contribution is -2.47. The summed E-state index contributed by atoms with van der Waals surface area (Å²) in [7, 11) is 0. The van der Waals surface area contributed by atoms with Crippen LogP contribution in [0.1, 0.15) is 42.9 Å². The van der Waals surface area contributed by atoms with Crippen LogP contribution in [0.2, 0.25) is 0 Å². The Morgan fingerprint density at radius 1 is 1.25 bits per heavy atom. The van der Waals surface area contributed by atoms with Gasteiger partial charge in [-0.25, -0.2) is 0 Å². The smallest absolute Gasteiger partial charge is 0.0104 e. The molecule has 1 aromatic carbocycles. The molecule has 1 heteroatoms. The standard InChI is InChI=1S/C15H23N/c1-5-16-15-9-14(12(15)4)13-7-6-10(2)11(3)8-13/h6-8,12,14-16H,5,9H2,1-4H3. The predicted octanol–water partition coefficient (Wildman–Crippen LogP) is 3.40. The minimum absolute atomic E-state index is 0.733. The van der Waals surface area contributed by atoms with Gasteiger partial charge in [0.05, 0.1) is 0 Å². The van der Waals surface area contributed by atoms with Crippen molar-refractivity contribution in [2.45, 2.75) is 46.1 Å². The summed E-state index contributed by atoms with van der Waals surface area (Å²) in [5.74, 6) is 1.55. The zero-order chi connectivity index (χ0) is 11.7. The fourth-order valence-corrected chi connectivity index (χ4v) is 2.75. The molecule has 1 aliphatic carbocycles. The van der Waals surface area contributed by atoms with Gasteiger partial charge in [0.25, 0.3) is 0 Å². The van der Waals surface area contributed by atoms with Crippen molar-refractivity contribution in [1.29, 1.82) is 0 Å². The van der Waals surface area contributed by atoms with Crippen molar-refractivity contribution < 1.29 is 0 Å². The summed E-state index contributed by atoms with van der Waals surface area (Å²) in [5, 5.41) is 3.56. The Morgan fingerprint density at radius 2 is 2.00 bits per heavy atom. The van der Waals surface area contributed by atoms with Crippen LogP contribution >= 0.6 is 0 Å². The second kappa shape index (κ2) is 4.58. The Hall–Kier alpha value is -0.820. The van der Waals surface area contributed by atoms with Crippen molar-refractivity contribution in [1.82, 2.24) is 5.32 Å². The van der Waals surface area contributed by atoms with Crippen molar-refractivity contribution in [3.8, 4) is 0 Å². The topological polar surface area (TPSA) is 12.0 Å². The number of hydrogen-bond donors (Lipinski definition) is 1. The van der Waals surface area contributed by atoms with Crippen LogP contribution in [-0.4, -0.2) is 12.6 Å². The third-order valence-electron chi connectivity index (χ3n) is 4.20. The molecule has 1 nitrogen and oxygen atoms in total. The molecule has 0 spiro atoms. The molecule has 0 radical (unpaired) electrons. The third-order valence-corrected chi connectivity index (χ3v) is 4.20. The predicted molar refractivity (Wildman–Crippen MR) is 69.9 cm³/mol. The van der Waals surface area contributed by atoms with Crippen LogP contribution in [0.5, 0.6) is 0 Å². The van der Waals surface area contributed by atoms with Crippen LogP contribution in [0.3, 0.4) is 0 Å². The van der Waals surface area contributed by atoms with Gasteiger partial charge in [-0.1, -0.05) is 32.0 Å². The molecule has 0 saturated heterocycles. The molecule has 1 fully saturated rings. The summed E-state index contributed by atoms with van der Waals surface area (Å²) >= 11 is 0. The van der Waals surface area contributed by atoms with Gasteiger partial charge in [0, 0.05) is 6.04 Å². The van der Waals surface area contributed by atoms with E-state index in [1.54, 1.807) is 0 Å². The van der Waals surface area contributed by atoms with E-state index < -0.39 is 0 Å². The highest BCUT2D eigenvalue weighted by Crippen LogP contribution is 2.42. The van der Waals surface area contributed by atoms with Crippen LogP contribution in [0.15, 0.2) is 18.2 Å². The van der Waals surface area contributed by atoms with E-state index in [0.717, 1.165) is 24.4 Å². The molecule has 0 bridgehead atoms. The van der Waals surface area contributed by atoms with E-state index in [2.05, 4.69) is 51.2 Å². The maximum atomic E-state index is 3.56. The van der Waals surface area contributed by atoms with E-state index >= 15 is 0 Å². The molecule has 0 aromatic heterocycles. The van der Waals surface area contributed by atoms with Crippen molar-refractivity contribution in [3.63, 3.8) is 0 Å². The summed E-state index contributed by atoms with van der Waals surface area (Å²) in [5.41, 5.74) is 4.36. The van der Waals surface area contributed by atoms with Gasteiger partial charge in [0.1, 0.15) is 0 Å². The van der Waals surface area contributed by atoms with E-state index in [-0.39, 0.29) is 0 Å². The first kappa shape index (κ1) is 11.7. The van der Waals surface area contributed by atoms with E-state index in [9.17, 15) is 0 Å². The average molecular weight is 217 g/mol. The number of aryl methyl sites for hydroxylation is 2. The second-order valence-electron chi connectivity index (χ2n) is 5.21. The molecule has 1 aliphatic rings. The van der Waals surface area contributed by atoms with Crippen LogP contribution < -0.4 is 5.32 Å². The maximum absolute atomic E-state index is 3.56. The van der Waals surface area contributed by atoms with Crippen molar-refractivity contribution in [3.05, 3.63) is 34.9 Å². The van der Waals surface area contributed by atoms with E-state index in [0.29, 0.717) is 0 Å².